The van der Waals surface area contributed by atoms with Crippen molar-refractivity contribution >= 4 is 17.8 Å². The number of imidazole rings is 1. The summed E-state index contributed by atoms with van der Waals surface area (Å²) >= 11 is 0. The zero-order chi connectivity index (χ0) is 16.9. The van der Waals surface area contributed by atoms with E-state index in [1.807, 2.05) is 49.4 Å². The molecule has 6 heteroatoms. The van der Waals surface area contributed by atoms with Gasteiger partial charge in [-0.15, -0.1) is 0 Å². The lowest BCUT2D eigenvalue weighted by Crippen LogP contribution is -2.20. The Balaban J connectivity index is 1.71. The van der Waals surface area contributed by atoms with Gasteiger partial charge in [0.25, 0.3) is 5.91 Å². The molecule has 3 rings (SSSR count). The number of aromatic nitrogens is 2. The smallest absolute Gasteiger partial charge is 0.290 e. The second-order valence-electron chi connectivity index (χ2n) is 5.18. The second-order valence-corrected chi connectivity index (χ2v) is 5.18. The molecule has 0 aliphatic rings. The first-order valence-electron chi connectivity index (χ1n) is 7.69. The quantitative estimate of drug-likeness (QED) is 0.580. The summed E-state index contributed by atoms with van der Waals surface area (Å²) in [5.74, 6) is 0.508. The van der Waals surface area contributed by atoms with Gasteiger partial charge in [0.2, 0.25) is 0 Å². The number of hydrazone groups is 1. The minimum atomic E-state index is -0.298. The first kappa shape index (κ1) is 15.7. The molecule has 3 aromatic rings. The molecule has 0 spiro atoms. The van der Waals surface area contributed by atoms with Gasteiger partial charge in [0.05, 0.1) is 18.5 Å². The fourth-order valence-corrected chi connectivity index (χ4v) is 2.42. The molecular formula is C18H18N4O2. The Morgan fingerprint density at radius 3 is 2.83 bits per heavy atom. The van der Waals surface area contributed by atoms with E-state index in [1.54, 1.807) is 23.7 Å². The Labute approximate surface area is 139 Å². The average Bonchev–Trinajstić information content (AvgIpc) is 2.92. The molecule has 0 unspecified atom stereocenters. The molecule has 0 bridgehead atoms. The minimum Gasteiger partial charge on any atom is -0.494 e. The van der Waals surface area contributed by atoms with Crippen LogP contribution in [0.3, 0.4) is 0 Å². The largest absolute Gasteiger partial charge is 0.494 e. The van der Waals surface area contributed by atoms with Crippen molar-refractivity contribution < 1.29 is 9.53 Å². The molecule has 0 saturated carbocycles. The fourth-order valence-electron chi connectivity index (χ4n) is 2.42. The number of fused-ring (bicyclic) bond motifs is 1. The van der Waals surface area contributed by atoms with E-state index in [9.17, 15) is 4.79 Å². The molecule has 0 aliphatic heterocycles. The molecule has 6 nitrogen and oxygen atoms in total. The maximum atomic E-state index is 12.4. The highest BCUT2D eigenvalue weighted by molar-refractivity contribution is 5.95. The van der Waals surface area contributed by atoms with Crippen LogP contribution in [0.25, 0.3) is 5.65 Å². The summed E-state index contributed by atoms with van der Waals surface area (Å²) in [4.78, 5) is 16.7. The zero-order valence-electron chi connectivity index (χ0n) is 13.6. The number of ether oxygens (including phenoxy) is 1. The number of aryl methyl sites for hydroxylation is 1. The van der Waals surface area contributed by atoms with E-state index in [2.05, 4.69) is 15.5 Å². The summed E-state index contributed by atoms with van der Waals surface area (Å²) in [7, 11) is 0. The molecule has 0 saturated heterocycles. The van der Waals surface area contributed by atoms with Crippen molar-refractivity contribution in [2.75, 3.05) is 6.61 Å². The molecule has 2 heterocycles. The van der Waals surface area contributed by atoms with E-state index in [0.717, 1.165) is 17.0 Å². The molecule has 0 aliphatic carbocycles. The van der Waals surface area contributed by atoms with Gasteiger partial charge in [-0.2, -0.15) is 5.10 Å². The van der Waals surface area contributed by atoms with Gasteiger partial charge in [0.15, 0.2) is 0 Å². The molecule has 24 heavy (non-hydrogen) atoms. The highest BCUT2D eigenvalue weighted by atomic mass is 16.5. The molecule has 122 valence electrons. The number of benzene rings is 1. The summed E-state index contributed by atoms with van der Waals surface area (Å²) < 4.78 is 7.13. The van der Waals surface area contributed by atoms with E-state index in [4.69, 9.17) is 4.74 Å². The number of carbonyl (C=O) groups excluding carboxylic acids is 1. The summed E-state index contributed by atoms with van der Waals surface area (Å²) in [6, 6.07) is 13.1. The van der Waals surface area contributed by atoms with E-state index in [-0.39, 0.29) is 5.91 Å². The lowest BCUT2D eigenvalue weighted by molar-refractivity contribution is 0.0948. The van der Waals surface area contributed by atoms with E-state index in [0.29, 0.717) is 18.0 Å². The lowest BCUT2D eigenvalue weighted by atomic mass is 10.2. The van der Waals surface area contributed by atoms with E-state index >= 15 is 0 Å². The monoisotopic (exact) mass is 322 g/mol. The molecule has 0 fully saturated rings. The van der Waals surface area contributed by atoms with Crippen LogP contribution in [0.1, 0.15) is 28.7 Å². The van der Waals surface area contributed by atoms with Crippen LogP contribution in [-0.4, -0.2) is 28.1 Å². The van der Waals surface area contributed by atoms with Crippen LogP contribution in [0.5, 0.6) is 5.75 Å². The molecule has 1 N–H and O–H groups in total. The van der Waals surface area contributed by atoms with Crippen LogP contribution < -0.4 is 10.2 Å². The Kier molecular flexibility index (Phi) is 4.56. The maximum Gasteiger partial charge on any atom is 0.290 e. The van der Waals surface area contributed by atoms with Crippen molar-refractivity contribution in [2.45, 2.75) is 13.8 Å². The van der Waals surface area contributed by atoms with Crippen LogP contribution in [0.15, 0.2) is 53.8 Å². The normalized spacial score (nSPS) is 11.1. The zero-order valence-corrected chi connectivity index (χ0v) is 13.6. The van der Waals surface area contributed by atoms with Crippen molar-refractivity contribution in [3.63, 3.8) is 0 Å². The van der Waals surface area contributed by atoms with Gasteiger partial charge < -0.3 is 4.74 Å². The Bertz CT molecular complexity index is 882. The van der Waals surface area contributed by atoms with Crippen LogP contribution in [0.2, 0.25) is 0 Å². The summed E-state index contributed by atoms with van der Waals surface area (Å²) in [5, 5.41) is 4.01. The van der Waals surface area contributed by atoms with Crippen LogP contribution in [-0.2, 0) is 0 Å². The lowest BCUT2D eigenvalue weighted by Gasteiger charge is -2.03. The first-order chi connectivity index (χ1) is 11.7. The van der Waals surface area contributed by atoms with Crippen molar-refractivity contribution in [3.8, 4) is 5.75 Å². The molecule has 2 aromatic heterocycles. The van der Waals surface area contributed by atoms with E-state index in [1.165, 1.54) is 0 Å². The topological polar surface area (TPSA) is 68.0 Å². The predicted molar refractivity (Wildman–Crippen MR) is 92.6 cm³/mol. The number of nitrogens with zero attached hydrogens (tertiary/aromatic N) is 3. The van der Waals surface area contributed by atoms with Crippen LogP contribution in [0.4, 0.5) is 0 Å². The van der Waals surface area contributed by atoms with Crippen molar-refractivity contribution in [1.29, 1.82) is 0 Å². The number of hydrogen-bond donors (Lipinski definition) is 1. The van der Waals surface area contributed by atoms with Gasteiger partial charge in [0.1, 0.15) is 17.1 Å². The molecule has 1 amide bonds. The number of hydrogen-bond acceptors (Lipinski definition) is 4. The van der Waals surface area contributed by atoms with Gasteiger partial charge >= 0.3 is 0 Å². The van der Waals surface area contributed by atoms with Crippen molar-refractivity contribution in [3.05, 3.63) is 65.6 Å². The number of pyridine rings is 1. The first-order valence-corrected chi connectivity index (χ1v) is 7.69. The second kappa shape index (κ2) is 6.95. The Morgan fingerprint density at radius 1 is 1.29 bits per heavy atom. The fraction of sp³-hybridized carbons (Fsp3) is 0.167. The van der Waals surface area contributed by atoms with Gasteiger partial charge in [-0.3, -0.25) is 9.20 Å². The maximum absolute atomic E-state index is 12.4. The Morgan fingerprint density at radius 2 is 2.08 bits per heavy atom. The molecular weight excluding hydrogens is 304 g/mol. The highest BCUT2D eigenvalue weighted by Gasteiger charge is 2.15. The van der Waals surface area contributed by atoms with E-state index < -0.39 is 0 Å². The number of nitrogens with one attached hydrogen (secondary N) is 1. The van der Waals surface area contributed by atoms with Crippen LogP contribution in [0, 0.1) is 6.92 Å². The third-order valence-electron chi connectivity index (χ3n) is 3.49. The average molecular weight is 322 g/mol. The number of carbonyl (C=O) groups is 1. The van der Waals surface area contributed by atoms with Gasteiger partial charge in [0, 0.05) is 6.20 Å². The molecule has 0 atom stereocenters. The van der Waals surface area contributed by atoms with Crippen LogP contribution >= 0.6 is 0 Å². The van der Waals surface area contributed by atoms with Crippen molar-refractivity contribution in [1.82, 2.24) is 14.8 Å². The third kappa shape index (κ3) is 3.27. The predicted octanol–water partition coefficient (Wildman–Crippen LogP) is 2.81. The Hall–Kier alpha value is -3.15. The minimum absolute atomic E-state index is 0.298. The third-order valence-corrected chi connectivity index (χ3v) is 3.49. The summed E-state index contributed by atoms with van der Waals surface area (Å²) in [5.41, 5.74) is 5.29. The highest BCUT2D eigenvalue weighted by Crippen LogP contribution is 2.12. The SMILES string of the molecule is CCOc1ccc(/C=N\NC(=O)c2c(C)nc3ccccn23)cc1. The van der Waals surface area contributed by atoms with Gasteiger partial charge in [-0.25, -0.2) is 10.4 Å². The number of amides is 1. The van der Waals surface area contributed by atoms with Gasteiger partial charge in [-0.05, 0) is 55.8 Å². The summed E-state index contributed by atoms with van der Waals surface area (Å²) in [6.45, 7) is 4.37. The van der Waals surface area contributed by atoms with Crippen molar-refractivity contribution in [2.24, 2.45) is 5.10 Å². The summed E-state index contributed by atoms with van der Waals surface area (Å²) in [6.07, 6.45) is 3.40. The van der Waals surface area contributed by atoms with Gasteiger partial charge in [-0.1, -0.05) is 6.07 Å². The molecule has 0 radical (unpaired) electrons. The molecule has 1 aromatic carbocycles. The number of rotatable bonds is 5. The standard InChI is InChI=1S/C18H18N4O2/c1-3-24-15-9-7-14(8-10-15)12-19-21-18(23)17-13(2)20-16-6-4-5-11-22(16)17/h4-12H,3H2,1-2H3,(H,21,23)/b19-12-.